The Morgan fingerprint density at radius 2 is 1.82 bits per heavy atom. The van der Waals surface area contributed by atoms with Crippen LogP contribution in [-0.4, -0.2) is 10.1 Å². The molecule has 4 aromatic rings. The molecule has 2 heterocycles. The molecule has 22 heavy (non-hydrogen) atoms. The second-order valence-corrected chi connectivity index (χ2v) is 5.92. The van der Waals surface area contributed by atoms with Crippen LogP contribution in [-0.2, 0) is 0 Å². The second-order valence-electron chi connectivity index (χ2n) is 5.01. The minimum atomic E-state index is -0.336. The lowest BCUT2D eigenvalue weighted by Gasteiger charge is -2.10. The Bertz CT molecular complexity index is 1060. The van der Waals surface area contributed by atoms with Crippen molar-refractivity contribution >= 4 is 32.3 Å². The van der Waals surface area contributed by atoms with Gasteiger partial charge in [-0.1, -0.05) is 12.1 Å². The molecular weight excluding hydrogens is 301 g/mol. The highest BCUT2D eigenvalue weighted by Crippen LogP contribution is 2.39. The predicted octanol–water partition coefficient (Wildman–Crippen LogP) is 4.25. The number of aromatic amines is 1. The Morgan fingerprint density at radius 1 is 1.05 bits per heavy atom. The average Bonchev–Trinajstić information content (AvgIpc) is 2.99. The molecule has 0 unspecified atom stereocenters. The van der Waals surface area contributed by atoms with E-state index in [4.69, 9.17) is 0 Å². The largest absolute Gasteiger partial charge is 0.507 e. The number of aromatic hydroxyl groups is 1. The predicted molar refractivity (Wildman–Crippen MR) is 87.0 cm³/mol. The Labute approximate surface area is 128 Å². The lowest BCUT2D eigenvalue weighted by molar-refractivity contribution is 0.478. The zero-order chi connectivity index (χ0) is 15.3. The molecule has 0 fully saturated rings. The van der Waals surface area contributed by atoms with Gasteiger partial charge in [0.15, 0.2) is 0 Å². The summed E-state index contributed by atoms with van der Waals surface area (Å²) in [6, 6.07) is 11.0. The molecule has 0 spiro atoms. The Hall–Kier alpha value is -2.66. The highest BCUT2D eigenvalue weighted by molar-refractivity contribution is 7.17. The maximum atomic E-state index is 13.2. The van der Waals surface area contributed by atoms with Gasteiger partial charge in [-0.2, -0.15) is 0 Å². The third-order valence-corrected chi connectivity index (χ3v) is 4.62. The van der Waals surface area contributed by atoms with Crippen LogP contribution in [0.1, 0.15) is 0 Å². The normalized spacial score (nSPS) is 11.3. The maximum absolute atomic E-state index is 13.2. The van der Waals surface area contributed by atoms with Crippen molar-refractivity contribution in [1.82, 2.24) is 4.98 Å². The van der Waals surface area contributed by atoms with Crippen molar-refractivity contribution in [2.75, 3.05) is 0 Å². The van der Waals surface area contributed by atoms with Crippen molar-refractivity contribution in [2.24, 2.45) is 0 Å². The summed E-state index contributed by atoms with van der Waals surface area (Å²) in [4.78, 5) is 14.9. The number of thiophene rings is 1. The molecule has 3 nitrogen and oxygen atoms in total. The summed E-state index contributed by atoms with van der Waals surface area (Å²) >= 11 is 1.36. The summed E-state index contributed by atoms with van der Waals surface area (Å²) in [6.45, 7) is 0. The number of hydrogen-bond acceptors (Lipinski definition) is 3. The van der Waals surface area contributed by atoms with E-state index in [0.717, 1.165) is 10.8 Å². The number of rotatable bonds is 1. The highest BCUT2D eigenvalue weighted by Gasteiger charge is 2.15. The molecule has 0 atom stereocenters. The fraction of sp³-hybridized carbons (Fsp3) is 0. The van der Waals surface area contributed by atoms with Gasteiger partial charge in [0.25, 0.3) is 5.56 Å². The third-order valence-electron chi connectivity index (χ3n) is 3.71. The van der Waals surface area contributed by atoms with Gasteiger partial charge in [-0.05, 0) is 41.3 Å². The molecule has 0 aliphatic heterocycles. The van der Waals surface area contributed by atoms with Crippen molar-refractivity contribution in [3.63, 3.8) is 0 Å². The average molecular weight is 311 g/mol. The first-order valence-electron chi connectivity index (χ1n) is 6.66. The quantitative estimate of drug-likeness (QED) is 0.552. The first kappa shape index (κ1) is 13.0. The van der Waals surface area contributed by atoms with Crippen molar-refractivity contribution in [2.45, 2.75) is 0 Å². The monoisotopic (exact) mass is 311 g/mol. The van der Waals surface area contributed by atoms with Crippen LogP contribution in [0.25, 0.3) is 32.1 Å². The van der Waals surface area contributed by atoms with Crippen molar-refractivity contribution in [3.8, 4) is 16.9 Å². The van der Waals surface area contributed by atoms with Crippen LogP contribution in [0, 0.1) is 5.82 Å². The van der Waals surface area contributed by atoms with Gasteiger partial charge in [0.05, 0.1) is 0 Å². The molecule has 0 saturated carbocycles. The van der Waals surface area contributed by atoms with Gasteiger partial charge in [0.2, 0.25) is 0 Å². The van der Waals surface area contributed by atoms with Gasteiger partial charge in [-0.15, -0.1) is 11.3 Å². The summed E-state index contributed by atoms with van der Waals surface area (Å²) < 4.78 is 13.8. The van der Waals surface area contributed by atoms with Gasteiger partial charge in [-0.25, -0.2) is 4.39 Å². The Kier molecular flexibility index (Phi) is 2.77. The van der Waals surface area contributed by atoms with E-state index in [9.17, 15) is 14.3 Å². The Morgan fingerprint density at radius 3 is 2.59 bits per heavy atom. The number of H-pyrrole nitrogens is 1. The van der Waals surface area contributed by atoms with E-state index in [1.54, 1.807) is 18.2 Å². The standard InChI is InChI=1S/C17H10FNO2S/c18-10-3-1-9(2-4-10)14-13(20)6-5-12-15(14)11-7-8-22-16(11)17(21)19-12/h1-8,20H,(H,19,21). The van der Waals surface area contributed by atoms with Crippen LogP contribution in [0.3, 0.4) is 0 Å². The number of phenolic OH excluding ortho intramolecular Hbond substituents is 1. The number of aromatic nitrogens is 1. The summed E-state index contributed by atoms with van der Waals surface area (Å²) in [5.74, 6) is -0.240. The van der Waals surface area contributed by atoms with Gasteiger partial charge in [-0.3, -0.25) is 4.79 Å². The van der Waals surface area contributed by atoms with Crippen LogP contribution in [0.2, 0.25) is 0 Å². The number of pyridine rings is 1. The van der Waals surface area contributed by atoms with E-state index >= 15 is 0 Å². The molecule has 2 aromatic heterocycles. The van der Waals surface area contributed by atoms with Gasteiger partial charge >= 0.3 is 0 Å². The molecule has 5 heteroatoms. The summed E-state index contributed by atoms with van der Waals surface area (Å²) in [5.41, 5.74) is 1.79. The van der Waals surface area contributed by atoms with E-state index in [0.29, 0.717) is 21.3 Å². The number of benzene rings is 2. The number of hydrogen-bond donors (Lipinski definition) is 2. The highest BCUT2D eigenvalue weighted by atomic mass is 32.1. The molecule has 0 aliphatic rings. The minimum absolute atomic E-state index is 0.0960. The third kappa shape index (κ3) is 1.83. The summed E-state index contributed by atoms with van der Waals surface area (Å²) in [5, 5.41) is 13.7. The molecule has 0 aliphatic carbocycles. The first-order chi connectivity index (χ1) is 10.6. The van der Waals surface area contributed by atoms with E-state index in [2.05, 4.69) is 4.98 Å². The molecule has 0 saturated heterocycles. The summed E-state index contributed by atoms with van der Waals surface area (Å²) in [7, 11) is 0. The zero-order valence-electron chi connectivity index (χ0n) is 11.3. The molecule has 2 aromatic carbocycles. The smallest absolute Gasteiger partial charge is 0.266 e. The van der Waals surface area contributed by atoms with Crippen molar-refractivity contribution in [3.05, 3.63) is 64.0 Å². The molecule has 4 rings (SSSR count). The topological polar surface area (TPSA) is 53.1 Å². The van der Waals surface area contributed by atoms with Crippen LogP contribution < -0.4 is 5.56 Å². The second kappa shape index (κ2) is 4.68. The van der Waals surface area contributed by atoms with E-state index < -0.39 is 0 Å². The fourth-order valence-electron chi connectivity index (χ4n) is 2.75. The molecular formula is C17H10FNO2S. The molecule has 0 radical (unpaired) electrons. The van der Waals surface area contributed by atoms with Crippen molar-refractivity contribution in [1.29, 1.82) is 0 Å². The molecule has 0 bridgehead atoms. The molecule has 108 valence electrons. The van der Waals surface area contributed by atoms with Crippen LogP contribution in [0.4, 0.5) is 4.39 Å². The van der Waals surface area contributed by atoms with Crippen LogP contribution in [0.5, 0.6) is 5.75 Å². The van der Waals surface area contributed by atoms with Gasteiger partial charge in [0.1, 0.15) is 16.3 Å². The van der Waals surface area contributed by atoms with Crippen LogP contribution in [0.15, 0.2) is 52.6 Å². The number of halogens is 1. The molecule has 0 amide bonds. The summed E-state index contributed by atoms with van der Waals surface area (Å²) in [6.07, 6.45) is 0. The SMILES string of the molecule is O=c1[nH]c2ccc(O)c(-c3ccc(F)cc3)c2c2ccsc12. The maximum Gasteiger partial charge on any atom is 0.266 e. The van der Waals surface area contributed by atoms with E-state index in [1.165, 1.54) is 29.5 Å². The zero-order valence-corrected chi connectivity index (χ0v) is 12.1. The number of phenols is 1. The number of fused-ring (bicyclic) bond motifs is 3. The van der Waals surface area contributed by atoms with E-state index in [1.807, 2.05) is 11.4 Å². The fourth-order valence-corrected chi connectivity index (χ4v) is 3.54. The lowest BCUT2D eigenvalue weighted by Crippen LogP contribution is -2.04. The van der Waals surface area contributed by atoms with Crippen molar-refractivity contribution < 1.29 is 9.50 Å². The molecule has 2 N–H and O–H groups in total. The lowest BCUT2D eigenvalue weighted by atomic mass is 9.97. The van der Waals surface area contributed by atoms with E-state index in [-0.39, 0.29) is 17.1 Å². The number of nitrogens with one attached hydrogen (secondary N) is 1. The van der Waals surface area contributed by atoms with Gasteiger partial charge < -0.3 is 10.1 Å². The minimum Gasteiger partial charge on any atom is -0.507 e. The first-order valence-corrected chi connectivity index (χ1v) is 7.54. The Balaban J connectivity index is 2.21. The van der Waals surface area contributed by atoms with Gasteiger partial charge in [0, 0.05) is 21.9 Å². The van der Waals surface area contributed by atoms with Crippen LogP contribution >= 0.6 is 11.3 Å².